The van der Waals surface area contributed by atoms with Gasteiger partial charge in [0.2, 0.25) is 0 Å². The van der Waals surface area contributed by atoms with Crippen molar-refractivity contribution in [2.75, 3.05) is 19.6 Å². The lowest BCUT2D eigenvalue weighted by Gasteiger charge is -2.30. The Kier molecular flexibility index (Phi) is 3.39. The molecule has 3 heterocycles. The maximum absolute atomic E-state index is 4.65. The molecule has 2 aromatic heterocycles. The Hall–Kier alpha value is -0.870. The monoisotopic (exact) mass is 307 g/mol. The van der Waals surface area contributed by atoms with E-state index in [1.807, 2.05) is 6.20 Å². The van der Waals surface area contributed by atoms with Crippen molar-refractivity contribution in [3.05, 3.63) is 34.8 Å². The molecule has 1 fully saturated rings. The molecule has 1 saturated heterocycles. The van der Waals surface area contributed by atoms with Gasteiger partial charge < -0.3 is 9.30 Å². The van der Waals surface area contributed by atoms with Crippen LogP contribution in [-0.2, 0) is 0 Å². The first-order chi connectivity index (χ1) is 8.79. The van der Waals surface area contributed by atoms with E-state index in [9.17, 15) is 0 Å². The Morgan fingerprint density at radius 1 is 1.39 bits per heavy atom. The summed E-state index contributed by atoms with van der Waals surface area (Å²) in [5.41, 5.74) is 1.17. The number of likely N-dealkylation sites (tertiary alicyclic amines) is 1. The van der Waals surface area contributed by atoms with Crippen molar-refractivity contribution >= 4 is 21.4 Å². The van der Waals surface area contributed by atoms with E-state index in [0.29, 0.717) is 5.92 Å². The molecule has 0 spiro atoms. The highest BCUT2D eigenvalue weighted by Crippen LogP contribution is 2.29. The zero-order chi connectivity index (χ0) is 12.5. The maximum atomic E-state index is 4.65. The number of hydrogen-bond acceptors (Lipinski definition) is 2. The molecule has 96 valence electrons. The van der Waals surface area contributed by atoms with Gasteiger partial charge >= 0.3 is 0 Å². The van der Waals surface area contributed by atoms with Crippen molar-refractivity contribution in [1.82, 2.24) is 14.3 Å². The quantitative estimate of drug-likeness (QED) is 0.848. The molecule has 0 unspecified atom stereocenters. The summed E-state index contributed by atoms with van der Waals surface area (Å²) in [5.74, 6) is 1.83. The third kappa shape index (κ3) is 2.08. The molecule has 0 aliphatic carbocycles. The maximum Gasteiger partial charge on any atom is 0.116 e. The van der Waals surface area contributed by atoms with Gasteiger partial charge in [0.05, 0.1) is 11.7 Å². The number of nitrogens with zero attached hydrogens (tertiary/aromatic N) is 3. The van der Waals surface area contributed by atoms with E-state index in [4.69, 9.17) is 0 Å². The van der Waals surface area contributed by atoms with Crippen LogP contribution in [0.25, 0.3) is 5.52 Å². The molecule has 1 aliphatic rings. The number of fused-ring (bicyclic) bond motifs is 1. The number of pyridine rings is 1. The van der Waals surface area contributed by atoms with Gasteiger partial charge in [0.15, 0.2) is 0 Å². The molecule has 18 heavy (non-hydrogen) atoms. The van der Waals surface area contributed by atoms with Crippen LogP contribution in [0.1, 0.15) is 31.5 Å². The fraction of sp³-hybridized carbons (Fsp3) is 0.500. The number of imidazole rings is 1. The molecule has 0 aromatic carbocycles. The van der Waals surface area contributed by atoms with E-state index in [0.717, 1.165) is 4.47 Å². The van der Waals surface area contributed by atoms with Gasteiger partial charge in [0.25, 0.3) is 0 Å². The first-order valence-electron chi connectivity index (χ1n) is 6.63. The van der Waals surface area contributed by atoms with Gasteiger partial charge in [0.1, 0.15) is 5.82 Å². The number of aromatic nitrogens is 2. The van der Waals surface area contributed by atoms with E-state index in [-0.39, 0.29) is 0 Å². The van der Waals surface area contributed by atoms with Crippen LogP contribution in [0.3, 0.4) is 0 Å². The zero-order valence-electron chi connectivity index (χ0n) is 10.6. The molecule has 0 amide bonds. The Labute approximate surface area is 116 Å². The fourth-order valence-electron chi connectivity index (χ4n) is 2.82. The largest absolute Gasteiger partial charge is 0.304 e. The molecule has 4 heteroatoms. The minimum absolute atomic E-state index is 0.601. The summed E-state index contributed by atoms with van der Waals surface area (Å²) in [7, 11) is 0. The molecule has 0 radical (unpaired) electrons. The van der Waals surface area contributed by atoms with Gasteiger partial charge in [-0.15, -0.1) is 0 Å². The van der Waals surface area contributed by atoms with Crippen LogP contribution in [0, 0.1) is 0 Å². The Balaban J connectivity index is 1.89. The van der Waals surface area contributed by atoms with Crippen LogP contribution < -0.4 is 0 Å². The number of piperidine rings is 1. The fourth-order valence-corrected chi connectivity index (χ4v) is 3.26. The highest BCUT2D eigenvalue weighted by atomic mass is 79.9. The second-order valence-electron chi connectivity index (χ2n) is 4.94. The molecule has 0 N–H and O–H groups in total. The van der Waals surface area contributed by atoms with Crippen LogP contribution in [0.4, 0.5) is 0 Å². The van der Waals surface area contributed by atoms with Crippen LogP contribution in [0.5, 0.6) is 0 Å². The molecular formula is C14H18BrN3. The van der Waals surface area contributed by atoms with Crippen molar-refractivity contribution in [2.24, 2.45) is 0 Å². The van der Waals surface area contributed by atoms with Gasteiger partial charge in [-0.25, -0.2) is 4.98 Å². The van der Waals surface area contributed by atoms with Gasteiger partial charge in [-0.3, -0.25) is 0 Å². The highest BCUT2D eigenvalue weighted by molar-refractivity contribution is 9.10. The van der Waals surface area contributed by atoms with Gasteiger partial charge in [-0.2, -0.15) is 0 Å². The third-order valence-corrected chi connectivity index (χ3v) is 4.62. The number of hydrogen-bond donors (Lipinski definition) is 0. The predicted octanol–water partition coefficient (Wildman–Crippen LogP) is 3.30. The molecule has 3 rings (SSSR count). The average molecular weight is 308 g/mol. The molecular weight excluding hydrogens is 290 g/mol. The third-order valence-electron chi connectivity index (χ3n) is 3.95. The highest BCUT2D eigenvalue weighted by Gasteiger charge is 2.23. The minimum Gasteiger partial charge on any atom is -0.304 e. The zero-order valence-corrected chi connectivity index (χ0v) is 12.2. The summed E-state index contributed by atoms with van der Waals surface area (Å²) in [6.45, 7) is 5.80. The van der Waals surface area contributed by atoms with Crippen molar-refractivity contribution in [1.29, 1.82) is 0 Å². The van der Waals surface area contributed by atoms with E-state index in [2.05, 4.69) is 55.5 Å². The molecule has 0 bridgehead atoms. The minimum atomic E-state index is 0.601. The van der Waals surface area contributed by atoms with Gasteiger partial charge in [0, 0.05) is 16.6 Å². The van der Waals surface area contributed by atoms with Crippen LogP contribution >= 0.6 is 15.9 Å². The molecule has 0 saturated carbocycles. The molecule has 0 atom stereocenters. The van der Waals surface area contributed by atoms with E-state index < -0.39 is 0 Å². The van der Waals surface area contributed by atoms with Crippen molar-refractivity contribution < 1.29 is 0 Å². The van der Waals surface area contributed by atoms with Crippen LogP contribution in [0.2, 0.25) is 0 Å². The normalized spacial score (nSPS) is 18.6. The SMILES string of the molecule is CCN1CCC(c2ncc3c(Br)cccn23)CC1. The lowest BCUT2D eigenvalue weighted by molar-refractivity contribution is 0.219. The topological polar surface area (TPSA) is 20.5 Å². The van der Waals surface area contributed by atoms with E-state index >= 15 is 0 Å². The average Bonchev–Trinajstić information content (AvgIpc) is 2.84. The molecule has 3 nitrogen and oxygen atoms in total. The second kappa shape index (κ2) is 5.02. The standard InChI is InChI=1S/C14H18BrN3/c1-2-17-8-5-11(6-9-17)14-16-10-13-12(15)4-3-7-18(13)14/h3-4,7,10-11H,2,5-6,8-9H2,1H3. The van der Waals surface area contributed by atoms with Crippen LogP contribution in [-0.4, -0.2) is 33.9 Å². The summed E-state index contributed by atoms with van der Waals surface area (Å²) >= 11 is 3.59. The summed E-state index contributed by atoms with van der Waals surface area (Å²) in [6, 6.07) is 4.14. The summed E-state index contributed by atoms with van der Waals surface area (Å²) in [6.07, 6.45) is 6.54. The number of rotatable bonds is 2. The first-order valence-corrected chi connectivity index (χ1v) is 7.42. The summed E-state index contributed by atoms with van der Waals surface area (Å²) < 4.78 is 3.35. The smallest absolute Gasteiger partial charge is 0.116 e. The summed E-state index contributed by atoms with van der Waals surface area (Å²) in [4.78, 5) is 7.16. The van der Waals surface area contributed by atoms with E-state index in [1.165, 1.54) is 43.8 Å². The van der Waals surface area contributed by atoms with Crippen molar-refractivity contribution in [3.63, 3.8) is 0 Å². The number of halogens is 1. The Morgan fingerprint density at radius 2 is 2.17 bits per heavy atom. The second-order valence-corrected chi connectivity index (χ2v) is 5.79. The first kappa shape index (κ1) is 12.2. The van der Waals surface area contributed by atoms with Crippen molar-refractivity contribution in [2.45, 2.75) is 25.7 Å². The molecule has 2 aromatic rings. The summed E-state index contributed by atoms with van der Waals surface area (Å²) in [5, 5.41) is 0. The van der Waals surface area contributed by atoms with Crippen molar-refractivity contribution in [3.8, 4) is 0 Å². The lowest BCUT2D eigenvalue weighted by atomic mass is 9.96. The Bertz CT molecular complexity index is 541. The molecule has 1 aliphatic heterocycles. The van der Waals surface area contributed by atoms with Gasteiger partial charge in [-0.05, 0) is 60.5 Å². The van der Waals surface area contributed by atoms with Crippen LogP contribution in [0.15, 0.2) is 29.0 Å². The lowest BCUT2D eigenvalue weighted by Crippen LogP contribution is -2.33. The van der Waals surface area contributed by atoms with Gasteiger partial charge in [-0.1, -0.05) is 6.92 Å². The van der Waals surface area contributed by atoms with E-state index in [1.54, 1.807) is 0 Å². The predicted molar refractivity (Wildman–Crippen MR) is 77.0 cm³/mol. The Morgan fingerprint density at radius 3 is 2.89 bits per heavy atom.